The van der Waals surface area contributed by atoms with Crippen molar-refractivity contribution in [1.29, 1.82) is 0 Å². The van der Waals surface area contributed by atoms with Crippen molar-refractivity contribution in [2.75, 3.05) is 6.54 Å². The number of rotatable bonds is 4. The molecule has 22 heavy (non-hydrogen) atoms. The van der Waals surface area contributed by atoms with Gasteiger partial charge in [0.1, 0.15) is 5.82 Å². The molecule has 0 saturated heterocycles. The highest BCUT2D eigenvalue weighted by Gasteiger charge is 2.39. The van der Waals surface area contributed by atoms with E-state index < -0.39 is 0 Å². The Labute approximate surface area is 137 Å². The SMILES string of the molecule is Cl.NC1CCC(C(=O)NCC2(c3ccc(F)cc3)CCC2)C1. The molecule has 0 radical (unpaired) electrons. The average Bonchev–Trinajstić information content (AvgIpc) is 2.86. The molecule has 2 saturated carbocycles. The van der Waals surface area contributed by atoms with Gasteiger partial charge in [-0.15, -0.1) is 12.4 Å². The highest BCUT2D eigenvalue weighted by Crippen LogP contribution is 2.43. The number of hydrogen-bond donors (Lipinski definition) is 2. The molecule has 0 aromatic heterocycles. The Balaban J connectivity index is 0.00000176. The first-order valence-electron chi connectivity index (χ1n) is 7.88. The third-order valence-corrected chi connectivity index (χ3v) is 5.21. The summed E-state index contributed by atoms with van der Waals surface area (Å²) in [6.45, 7) is 0.656. The van der Waals surface area contributed by atoms with Crippen LogP contribution in [-0.4, -0.2) is 18.5 Å². The van der Waals surface area contributed by atoms with Gasteiger partial charge in [-0.1, -0.05) is 18.6 Å². The second-order valence-corrected chi connectivity index (χ2v) is 6.63. The molecule has 0 heterocycles. The van der Waals surface area contributed by atoms with Crippen LogP contribution in [0.25, 0.3) is 0 Å². The largest absolute Gasteiger partial charge is 0.355 e. The third-order valence-electron chi connectivity index (χ3n) is 5.21. The highest BCUT2D eigenvalue weighted by molar-refractivity contribution is 5.85. The van der Waals surface area contributed by atoms with Gasteiger partial charge < -0.3 is 11.1 Å². The van der Waals surface area contributed by atoms with E-state index in [1.165, 1.54) is 18.6 Å². The fourth-order valence-corrected chi connectivity index (χ4v) is 3.63. The quantitative estimate of drug-likeness (QED) is 0.894. The van der Waals surface area contributed by atoms with Gasteiger partial charge >= 0.3 is 0 Å². The van der Waals surface area contributed by atoms with Crippen LogP contribution in [0, 0.1) is 11.7 Å². The molecule has 3 N–H and O–H groups in total. The number of halogens is 2. The second-order valence-electron chi connectivity index (χ2n) is 6.63. The molecular formula is C17H24ClFN2O. The summed E-state index contributed by atoms with van der Waals surface area (Å²) in [5.41, 5.74) is 7.01. The van der Waals surface area contributed by atoms with E-state index in [1.807, 2.05) is 12.1 Å². The van der Waals surface area contributed by atoms with Gasteiger partial charge in [0.05, 0.1) is 0 Å². The minimum absolute atomic E-state index is 0. The average molecular weight is 327 g/mol. The Morgan fingerprint density at radius 1 is 1.27 bits per heavy atom. The van der Waals surface area contributed by atoms with Gasteiger partial charge in [-0.05, 0) is 49.8 Å². The summed E-state index contributed by atoms with van der Waals surface area (Å²) in [5, 5.41) is 3.11. The number of carbonyl (C=O) groups is 1. The molecular weight excluding hydrogens is 303 g/mol. The fourth-order valence-electron chi connectivity index (χ4n) is 3.63. The Hall–Kier alpha value is -1.13. The first kappa shape index (κ1) is 17.2. The van der Waals surface area contributed by atoms with Crippen LogP contribution in [0.2, 0.25) is 0 Å². The van der Waals surface area contributed by atoms with E-state index in [0.717, 1.165) is 37.7 Å². The summed E-state index contributed by atoms with van der Waals surface area (Å²) in [4.78, 5) is 12.2. The molecule has 3 nitrogen and oxygen atoms in total. The number of carbonyl (C=O) groups excluding carboxylic acids is 1. The maximum Gasteiger partial charge on any atom is 0.223 e. The van der Waals surface area contributed by atoms with E-state index in [-0.39, 0.29) is 41.5 Å². The minimum Gasteiger partial charge on any atom is -0.355 e. The van der Waals surface area contributed by atoms with Crippen LogP contribution in [0.15, 0.2) is 24.3 Å². The van der Waals surface area contributed by atoms with Crippen LogP contribution in [0.3, 0.4) is 0 Å². The summed E-state index contributed by atoms with van der Waals surface area (Å²) >= 11 is 0. The van der Waals surface area contributed by atoms with Gasteiger partial charge in [0.15, 0.2) is 0 Å². The van der Waals surface area contributed by atoms with Crippen molar-refractivity contribution in [2.45, 2.75) is 50.0 Å². The number of hydrogen-bond acceptors (Lipinski definition) is 2. The van der Waals surface area contributed by atoms with Gasteiger partial charge in [0, 0.05) is 23.9 Å². The van der Waals surface area contributed by atoms with Crippen molar-refractivity contribution in [1.82, 2.24) is 5.32 Å². The lowest BCUT2D eigenvalue weighted by Gasteiger charge is -2.42. The Bertz CT molecular complexity index is 516. The first-order valence-corrected chi connectivity index (χ1v) is 7.88. The molecule has 122 valence electrons. The maximum atomic E-state index is 13.1. The van der Waals surface area contributed by atoms with Crippen molar-refractivity contribution in [3.05, 3.63) is 35.6 Å². The molecule has 0 spiro atoms. The topological polar surface area (TPSA) is 55.1 Å². The standard InChI is InChI=1S/C17H23FN2O.ClH/c18-14-5-3-13(4-6-14)17(8-1-9-17)11-20-16(21)12-2-7-15(19)10-12;/h3-6,12,15H,1-2,7-11,19H2,(H,20,21);1H. The summed E-state index contributed by atoms with van der Waals surface area (Å²) in [7, 11) is 0. The maximum absolute atomic E-state index is 13.1. The van der Waals surface area contributed by atoms with Crippen molar-refractivity contribution >= 4 is 18.3 Å². The number of amides is 1. The van der Waals surface area contributed by atoms with Crippen molar-refractivity contribution < 1.29 is 9.18 Å². The van der Waals surface area contributed by atoms with Crippen LogP contribution in [-0.2, 0) is 10.2 Å². The lowest BCUT2D eigenvalue weighted by Crippen LogP contribution is -2.46. The lowest BCUT2D eigenvalue weighted by atomic mass is 9.64. The van der Waals surface area contributed by atoms with Gasteiger partial charge in [0.2, 0.25) is 5.91 Å². The monoisotopic (exact) mass is 326 g/mol. The number of nitrogens with two attached hydrogens (primary N) is 1. The summed E-state index contributed by atoms with van der Waals surface area (Å²) in [6.07, 6.45) is 5.93. The van der Waals surface area contributed by atoms with Gasteiger partial charge in [-0.2, -0.15) is 0 Å². The van der Waals surface area contributed by atoms with Crippen LogP contribution in [0.4, 0.5) is 4.39 Å². The fraction of sp³-hybridized carbons (Fsp3) is 0.588. The summed E-state index contributed by atoms with van der Waals surface area (Å²) in [6, 6.07) is 6.90. The molecule has 1 aromatic carbocycles. The lowest BCUT2D eigenvalue weighted by molar-refractivity contribution is -0.125. The molecule has 2 fully saturated rings. The van der Waals surface area contributed by atoms with Crippen LogP contribution < -0.4 is 11.1 Å². The number of benzene rings is 1. The Kier molecular flexibility index (Phi) is 5.45. The Morgan fingerprint density at radius 2 is 1.95 bits per heavy atom. The van der Waals surface area contributed by atoms with Crippen molar-refractivity contribution in [3.63, 3.8) is 0 Å². The van der Waals surface area contributed by atoms with E-state index in [4.69, 9.17) is 5.73 Å². The van der Waals surface area contributed by atoms with Gasteiger partial charge in [-0.25, -0.2) is 4.39 Å². The molecule has 2 unspecified atom stereocenters. The smallest absolute Gasteiger partial charge is 0.223 e. The molecule has 5 heteroatoms. The first-order chi connectivity index (χ1) is 10.1. The predicted molar refractivity (Wildman–Crippen MR) is 87.5 cm³/mol. The van der Waals surface area contributed by atoms with Gasteiger partial charge in [-0.3, -0.25) is 4.79 Å². The predicted octanol–water partition coefficient (Wildman–Crippen LogP) is 2.91. The third kappa shape index (κ3) is 3.44. The van der Waals surface area contributed by atoms with E-state index in [0.29, 0.717) is 6.54 Å². The number of nitrogens with one attached hydrogen (secondary N) is 1. The normalized spacial score (nSPS) is 25.9. The molecule has 2 atom stereocenters. The van der Waals surface area contributed by atoms with Crippen LogP contribution in [0.1, 0.15) is 44.1 Å². The van der Waals surface area contributed by atoms with Crippen LogP contribution in [0.5, 0.6) is 0 Å². The molecule has 2 aliphatic rings. The van der Waals surface area contributed by atoms with E-state index >= 15 is 0 Å². The molecule has 0 bridgehead atoms. The molecule has 1 amide bonds. The molecule has 2 aliphatic carbocycles. The van der Waals surface area contributed by atoms with E-state index in [9.17, 15) is 9.18 Å². The zero-order valence-corrected chi connectivity index (χ0v) is 13.5. The zero-order chi connectivity index (χ0) is 14.9. The van der Waals surface area contributed by atoms with Crippen LogP contribution >= 0.6 is 12.4 Å². The Morgan fingerprint density at radius 3 is 2.45 bits per heavy atom. The molecule has 0 aliphatic heterocycles. The van der Waals surface area contributed by atoms with E-state index in [2.05, 4.69) is 5.32 Å². The zero-order valence-electron chi connectivity index (χ0n) is 12.7. The minimum atomic E-state index is -0.211. The second kappa shape index (κ2) is 6.97. The highest BCUT2D eigenvalue weighted by atomic mass is 35.5. The summed E-state index contributed by atoms with van der Waals surface area (Å²) in [5.74, 6) is -0.00103. The van der Waals surface area contributed by atoms with Gasteiger partial charge in [0.25, 0.3) is 0 Å². The summed E-state index contributed by atoms with van der Waals surface area (Å²) < 4.78 is 13.1. The molecule has 3 rings (SSSR count). The molecule has 1 aromatic rings. The van der Waals surface area contributed by atoms with Crippen molar-refractivity contribution in [3.8, 4) is 0 Å². The van der Waals surface area contributed by atoms with E-state index in [1.54, 1.807) is 0 Å². The van der Waals surface area contributed by atoms with Crippen molar-refractivity contribution in [2.24, 2.45) is 11.7 Å².